The number of aryl methyl sites for hydroxylation is 3. The number of ether oxygens (including phenoxy) is 1. The summed E-state index contributed by atoms with van der Waals surface area (Å²) in [5.74, 6) is 3.42. The summed E-state index contributed by atoms with van der Waals surface area (Å²) in [7, 11) is 0. The first-order valence-corrected chi connectivity index (χ1v) is 12.9. The van der Waals surface area contributed by atoms with E-state index >= 15 is 0 Å². The van der Waals surface area contributed by atoms with Crippen LogP contribution in [0.25, 0.3) is 5.69 Å². The van der Waals surface area contributed by atoms with Gasteiger partial charge in [-0.3, -0.25) is 14.3 Å². The van der Waals surface area contributed by atoms with Crippen LogP contribution >= 0.6 is 23.5 Å². The molecule has 0 radical (unpaired) electrons. The van der Waals surface area contributed by atoms with Gasteiger partial charge in [0, 0.05) is 30.9 Å². The first-order chi connectivity index (χ1) is 15.0. The van der Waals surface area contributed by atoms with Crippen LogP contribution in [0.4, 0.5) is 0 Å². The summed E-state index contributed by atoms with van der Waals surface area (Å²) in [6, 6.07) is 6.35. The number of aromatic nitrogens is 3. The van der Waals surface area contributed by atoms with E-state index in [1.807, 2.05) is 23.3 Å². The molecular formula is C22H31N5O2S2. The van der Waals surface area contributed by atoms with Crippen LogP contribution in [0.1, 0.15) is 23.4 Å². The van der Waals surface area contributed by atoms with Gasteiger partial charge in [0.15, 0.2) is 5.16 Å². The normalized spacial score (nSPS) is 22.0. The van der Waals surface area contributed by atoms with Crippen molar-refractivity contribution in [3.05, 3.63) is 35.2 Å². The number of carbonyl (C=O) groups excluding carboxylic acids is 1. The summed E-state index contributed by atoms with van der Waals surface area (Å²) in [4.78, 5) is 15.3. The van der Waals surface area contributed by atoms with Crippen LogP contribution in [0.2, 0.25) is 0 Å². The van der Waals surface area contributed by atoms with Crippen molar-refractivity contribution in [1.82, 2.24) is 25.0 Å². The maximum Gasteiger partial charge on any atom is 0.230 e. The fourth-order valence-corrected chi connectivity index (χ4v) is 6.55. The van der Waals surface area contributed by atoms with Crippen LogP contribution in [0.5, 0.6) is 0 Å². The van der Waals surface area contributed by atoms with Crippen molar-refractivity contribution in [2.75, 3.05) is 50.1 Å². The van der Waals surface area contributed by atoms with Gasteiger partial charge < -0.3 is 10.1 Å². The highest BCUT2D eigenvalue weighted by atomic mass is 32.2. The molecule has 2 aliphatic heterocycles. The number of hydrogen-bond acceptors (Lipinski definition) is 7. The summed E-state index contributed by atoms with van der Waals surface area (Å²) in [6.45, 7) is 10.3. The predicted molar refractivity (Wildman–Crippen MR) is 126 cm³/mol. The SMILES string of the molecule is Cc1ccc(C)c(-n2c(C)nnc2SCC(=O)NCC2(N3CCOCC3)CCSC2)c1. The van der Waals surface area contributed by atoms with Crippen LogP contribution in [0, 0.1) is 20.8 Å². The second-order valence-electron chi connectivity index (χ2n) is 8.35. The van der Waals surface area contributed by atoms with E-state index < -0.39 is 0 Å². The molecule has 2 aliphatic rings. The first kappa shape index (κ1) is 22.6. The molecule has 0 saturated carbocycles. The van der Waals surface area contributed by atoms with Crippen molar-refractivity contribution < 1.29 is 9.53 Å². The van der Waals surface area contributed by atoms with Crippen molar-refractivity contribution in [3.63, 3.8) is 0 Å². The average molecular weight is 462 g/mol. The molecule has 1 amide bonds. The van der Waals surface area contributed by atoms with E-state index in [1.165, 1.54) is 17.3 Å². The van der Waals surface area contributed by atoms with E-state index in [-0.39, 0.29) is 11.4 Å². The van der Waals surface area contributed by atoms with Crippen molar-refractivity contribution in [2.24, 2.45) is 0 Å². The lowest BCUT2D eigenvalue weighted by molar-refractivity contribution is -0.119. The number of amides is 1. The monoisotopic (exact) mass is 461 g/mol. The molecule has 1 unspecified atom stereocenters. The summed E-state index contributed by atoms with van der Waals surface area (Å²) >= 11 is 3.42. The van der Waals surface area contributed by atoms with Gasteiger partial charge >= 0.3 is 0 Å². The van der Waals surface area contributed by atoms with Gasteiger partial charge in [-0.15, -0.1) is 10.2 Å². The van der Waals surface area contributed by atoms with E-state index in [2.05, 4.69) is 52.5 Å². The second kappa shape index (κ2) is 9.94. The van der Waals surface area contributed by atoms with E-state index in [9.17, 15) is 4.79 Å². The molecule has 1 N–H and O–H groups in total. The third-order valence-electron chi connectivity index (χ3n) is 6.11. The van der Waals surface area contributed by atoms with Crippen molar-refractivity contribution in [3.8, 4) is 5.69 Å². The Morgan fingerprint density at radius 1 is 1.26 bits per heavy atom. The average Bonchev–Trinajstić information content (AvgIpc) is 3.41. The van der Waals surface area contributed by atoms with Crippen LogP contribution < -0.4 is 5.32 Å². The zero-order chi connectivity index (χ0) is 21.8. The molecule has 9 heteroatoms. The molecule has 1 aromatic heterocycles. The lowest BCUT2D eigenvalue weighted by Crippen LogP contribution is -2.59. The van der Waals surface area contributed by atoms with Crippen LogP contribution in [0.3, 0.4) is 0 Å². The number of nitrogens with one attached hydrogen (secondary N) is 1. The molecule has 2 saturated heterocycles. The molecule has 31 heavy (non-hydrogen) atoms. The van der Waals surface area contributed by atoms with Gasteiger partial charge in [-0.25, -0.2) is 0 Å². The Hall–Kier alpha value is -1.55. The van der Waals surface area contributed by atoms with Gasteiger partial charge in [-0.2, -0.15) is 11.8 Å². The number of benzene rings is 1. The first-order valence-electron chi connectivity index (χ1n) is 10.8. The molecule has 2 fully saturated rings. The Morgan fingerprint density at radius 2 is 2.06 bits per heavy atom. The molecule has 7 nitrogen and oxygen atoms in total. The Morgan fingerprint density at radius 3 is 2.81 bits per heavy atom. The lowest BCUT2D eigenvalue weighted by atomic mass is 9.95. The number of carbonyl (C=O) groups is 1. The van der Waals surface area contributed by atoms with Crippen LogP contribution in [-0.2, 0) is 9.53 Å². The van der Waals surface area contributed by atoms with E-state index in [0.29, 0.717) is 12.3 Å². The number of hydrogen-bond donors (Lipinski definition) is 1. The van der Waals surface area contributed by atoms with Gasteiger partial charge in [-0.05, 0) is 50.1 Å². The van der Waals surface area contributed by atoms with Gasteiger partial charge in [0.1, 0.15) is 5.82 Å². The largest absolute Gasteiger partial charge is 0.379 e. The van der Waals surface area contributed by atoms with Crippen LogP contribution in [-0.4, -0.2) is 81.2 Å². The molecule has 1 atom stereocenters. The number of nitrogens with zero attached hydrogens (tertiary/aromatic N) is 4. The molecule has 3 heterocycles. The Balaban J connectivity index is 1.39. The minimum absolute atomic E-state index is 0.0442. The summed E-state index contributed by atoms with van der Waals surface area (Å²) in [5, 5.41) is 12.5. The summed E-state index contributed by atoms with van der Waals surface area (Å²) in [5.41, 5.74) is 3.47. The smallest absolute Gasteiger partial charge is 0.230 e. The minimum atomic E-state index is 0.0442. The van der Waals surface area contributed by atoms with Gasteiger partial charge in [0.25, 0.3) is 0 Å². The zero-order valence-electron chi connectivity index (χ0n) is 18.5. The Labute approximate surface area is 192 Å². The highest BCUT2D eigenvalue weighted by Gasteiger charge is 2.40. The van der Waals surface area contributed by atoms with Gasteiger partial charge in [-0.1, -0.05) is 23.9 Å². The predicted octanol–water partition coefficient (Wildman–Crippen LogP) is 2.61. The molecule has 4 rings (SSSR count). The standard InChI is InChI=1S/C22H31N5O2S2/c1-16-4-5-17(2)19(12-16)27-18(3)24-25-21(27)31-13-20(28)23-14-22(6-11-30-15-22)26-7-9-29-10-8-26/h4-5,12H,6-11,13-15H2,1-3H3,(H,23,28). The topological polar surface area (TPSA) is 72.3 Å². The fraction of sp³-hybridized carbons (Fsp3) is 0.591. The fourth-order valence-electron chi connectivity index (χ4n) is 4.25. The Bertz CT molecular complexity index is 921. The summed E-state index contributed by atoms with van der Waals surface area (Å²) < 4.78 is 7.57. The number of rotatable bonds is 7. The highest BCUT2D eigenvalue weighted by molar-refractivity contribution is 8.00. The van der Waals surface area contributed by atoms with Crippen LogP contribution in [0.15, 0.2) is 23.4 Å². The quantitative estimate of drug-likeness (QED) is 0.636. The second-order valence-corrected chi connectivity index (χ2v) is 10.4. The Kier molecular flexibility index (Phi) is 7.26. The van der Waals surface area contributed by atoms with E-state index in [4.69, 9.17) is 4.74 Å². The molecule has 2 aromatic rings. The number of morpholine rings is 1. The van der Waals surface area contributed by atoms with Gasteiger partial charge in [0.2, 0.25) is 5.91 Å². The van der Waals surface area contributed by atoms with Crippen molar-refractivity contribution in [2.45, 2.75) is 37.9 Å². The maximum absolute atomic E-state index is 12.7. The lowest BCUT2D eigenvalue weighted by Gasteiger charge is -2.43. The third-order valence-corrected chi connectivity index (χ3v) is 8.28. The molecule has 1 aromatic carbocycles. The van der Waals surface area contributed by atoms with Crippen molar-refractivity contribution in [1.29, 1.82) is 0 Å². The maximum atomic E-state index is 12.7. The molecule has 168 valence electrons. The molecule has 0 bridgehead atoms. The van der Waals surface area contributed by atoms with E-state index in [1.54, 1.807) is 0 Å². The van der Waals surface area contributed by atoms with Crippen molar-refractivity contribution >= 4 is 29.4 Å². The number of thioether (sulfide) groups is 2. The van der Waals surface area contributed by atoms with E-state index in [0.717, 1.165) is 66.5 Å². The highest BCUT2D eigenvalue weighted by Crippen LogP contribution is 2.33. The summed E-state index contributed by atoms with van der Waals surface area (Å²) in [6.07, 6.45) is 1.12. The molecular weight excluding hydrogens is 430 g/mol. The molecule has 0 spiro atoms. The minimum Gasteiger partial charge on any atom is -0.379 e. The third kappa shape index (κ3) is 5.10. The zero-order valence-corrected chi connectivity index (χ0v) is 20.2. The van der Waals surface area contributed by atoms with Gasteiger partial charge in [0.05, 0.1) is 24.7 Å². The molecule has 0 aliphatic carbocycles.